The van der Waals surface area contributed by atoms with E-state index < -0.39 is 10.8 Å². The lowest BCUT2D eigenvalue weighted by Gasteiger charge is -2.25. The van der Waals surface area contributed by atoms with E-state index in [-0.39, 0.29) is 5.54 Å². The molecule has 16 heavy (non-hydrogen) atoms. The molecule has 0 aromatic rings. The van der Waals surface area contributed by atoms with Gasteiger partial charge < -0.3 is 5.32 Å². The van der Waals surface area contributed by atoms with Gasteiger partial charge >= 0.3 is 0 Å². The van der Waals surface area contributed by atoms with Gasteiger partial charge in [-0.15, -0.1) is 0 Å². The molecule has 1 heterocycles. The van der Waals surface area contributed by atoms with Gasteiger partial charge in [-0.05, 0) is 12.8 Å². The molecule has 0 saturated carbocycles. The molecule has 0 aliphatic carbocycles. The summed E-state index contributed by atoms with van der Waals surface area (Å²) in [7, 11) is -0.694. The topological polar surface area (TPSA) is 41.5 Å². The summed E-state index contributed by atoms with van der Waals surface area (Å²) in [5, 5.41) is 4.55. The first-order chi connectivity index (χ1) is 7.65. The van der Waals surface area contributed by atoms with Crippen LogP contribution in [-0.4, -0.2) is 38.7 Å². The van der Waals surface area contributed by atoms with E-state index in [1.165, 1.54) is 0 Å². The standard InChI is InChI=1S/C11H22N2OS2/c1-4-11(5-2)9-15-10(13-11)12-7-8-16(14)6-3/h4-9H2,1-3H3,(H,12,13). The monoisotopic (exact) mass is 262 g/mol. The van der Waals surface area contributed by atoms with Gasteiger partial charge in [0, 0.05) is 33.6 Å². The minimum Gasteiger partial charge on any atom is -0.359 e. The lowest BCUT2D eigenvalue weighted by Crippen LogP contribution is -2.42. The molecule has 1 aliphatic heterocycles. The van der Waals surface area contributed by atoms with E-state index >= 15 is 0 Å². The van der Waals surface area contributed by atoms with Crippen molar-refractivity contribution in [2.45, 2.75) is 39.2 Å². The minimum absolute atomic E-state index is 0.243. The maximum atomic E-state index is 11.2. The molecule has 1 aliphatic rings. The van der Waals surface area contributed by atoms with Gasteiger partial charge in [-0.3, -0.25) is 9.20 Å². The number of nitrogens with one attached hydrogen (secondary N) is 1. The van der Waals surface area contributed by atoms with E-state index in [2.05, 4.69) is 24.2 Å². The van der Waals surface area contributed by atoms with E-state index in [4.69, 9.17) is 0 Å². The Balaban J connectivity index is 2.40. The van der Waals surface area contributed by atoms with Crippen LogP contribution in [0.4, 0.5) is 0 Å². The smallest absolute Gasteiger partial charge is 0.157 e. The summed E-state index contributed by atoms with van der Waals surface area (Å²) in [4.78, 5) is 4.48. The van der Waals surface area contributed by atoms with Crippen molar-refractivity contribution in [3.05, 3.63) is 0 Å². The van der Waals surface area contributed by atoms with Crippen LogP contribution in [-0.2, 0) is 10.8 Å². The zero-order chi connectivity index (χ0) is 12.0. The highest BCUT2D eigenvalue weighted by atomic mass is 32.2. The summed E-state index contributed by atoms with van der Waals surface area (Å²) in [6.07, 6.45) is 2.27. The Bertz CT molecular complexity index is 275. The Hall–Kier alpha value is -0.0300. The number of aliphatic imine (C=N–C) groups is 1. The minimum atomic E-state index is -0.694. The number of nitrogens with zero attached hydrogens (tertiary/aromatic N) is 1. The van der Waals surface area contributed by atoms with Crippen LogP contribution in [0.25, 0.3) is 0 Å². The highest BCUT2D eigenvalue weighted by Crippen LogP contribution is 2.28. The van der Waals surface area contributed by atoms with Crippen molar-refractivity contribution in [2.24, 2.45) is 4.99 Å². The van der Waals surface area contributed by atoms with E-state index in [0.717, 1.165) is 29.5 Å². The van der Waals surface area contributed by atoms with Crippen molar-refractivity contribution in [3.8, 4) is 0 Å². The normalized spacial score (nSPS) is 23.3. The van der Waals surface area contributed by atoms with Crippen LogP contribution >= 0.6 is 11.8 Å². The van der Waals surface area contributed by atoms with Crippen LogP contribution in [0.5, 0.6) is 0 Å². The number of thioether (sulfide) groups is 1. The second kappa shape index (κ2) is 6.64. The van der Waals surface area contributed by atoms with Gasteiger partial charge in [0.15, 0.2) is 5.17 Å². The predicted molar refractivity (Wildman–Crippen MR) is 74.8 cm³/mol. The molecule has 1 atom stereocenters. The van der Waals surface area contributed by atoms with Gasteiger partial charge in [-0.2, -0.15) is 0 Å². The molecule has 0 amide bonds. The van der Waals surface area contributed by atoms with E-state index in [1.807, 2.05) is 6.92 Å². The highest BCUT2D eigenvalue weighted by Gasteiger charge is 2.33. The number of hydrogen-bond donors (Lipinski definition) is 1. The van der Waals surface area contributed by atoms with Crippen LogP contribution in [0.1, 0.15) is 33.6 Å². The largest absolute Gasteiger partial charge is 0.359 e. The molecular weight excluding hydrogens is 240 g/mol. The number of hydrogen-bond acceptors (Lipinski definition) is 3. The highest BCUT2D eigenvalue weighted by molar-refractivity contribution is 8.14. The van der Waals surface area contributed by atoms with Crippen LogP contribution in [0.3, 0.4) is 0 Å². The molecule has 0 aromatic heterocycles. The average molecular weight is 262 g/mol. The fourth-order valence-electron chi connectivity index (χ4n) is 1.61. The molecule has 5 heteroatoms. The van der Waals surface area contributed by atoms with Crippen LogP contribution in [0.15, 0.2) is 4.99 Å². The zero-order valence-electron chi connectivity index (χ0n) is 10.4. The van der Waals surface area contributed by atoms with E-state index in [9.17, 15) is 4.21 Å². The lowest BCUT2D eigenvalue weighted by atomic mass is 9.96. The third kappa shape index (κ3) is 3.77. The first kappa shape index (κ1) is 14.0. The van der Waals surface area contributed by atoms with Crippen molar-refractivity contribution in [2.75, 3.05) is 23.8 Å². The zero-order valence-corrected chi connectivity index (χ0v) is 12.0. The summed E-state index contributed by atoms with van der Waals surface area (Å²) in [6, 6.07) is 0. The summed E-state index contributed by atoms with van der Waals surface area (Å²) in [5.74, 6) is 2.53. The van der Waals surface area contributed by atoms with Crippen LogP contribution < -0.4 is 5.32 Å². The van der Waals surface area contributed by atoms with Crippen molar-refractivity contribution >= 4 is 27.7 Å². The Morgan fingerprint density at radius 3 is 2.62 bits per heavy atom. The van der Waals surface area contributed by atoms with Gasteiger partial charge in [0.2, 0.25) is 0 Å². The maximum absolute atomic E-state index is 11.2. The van der Waals surface area contributed by atoms with Gasteiger partial charge in [0.25, 0.3) is 0 Å². The summed E-state index contributed by atoms with van der Waals surface area (Å²) < 4.78 is 11.2. The molecule has 0 spiro atoms. The first-order valence-electron chi connectivity index (χ1n) is 5.96. The number of rotatable bonds is 6. The fourth-order valence-corrected chi connectivity index (χ4v) is 3.56. The Morgan fingerprint density at radius 2 is 2.12 bits per heavy atom. The fraction of sp³-hybridized carbons (Fsp3) is 0.909. The van der Waals surface area contributed by atoms with Crippen molar-refractivity contribution in [3.63, 3.8) is 0 Å². The maximum Gasteiger partial charge on any atom is 0.157 e. The van der Waals surface area contributed by atoms with E-state index in [0.29, 0.717) is 12.3 Å². The lowest BCUT2D eigenvalue weighted by molar-refractivity contribution is 0.407. The molecule has 3 nitrogen and oxygen atoms in total. The molecule has 0 aromatic carbocycles. The van der Waals surface area contributed by atoms with Gasteiger partial charge in [-0.25, -0.2) is 0 Å². The molecule has 1 fully saturated rings. The molecular formula is C11H22N2OS2. The third-order valence-corrected chi connectivity index (χ3v) is 5.59. The van der Waals surface area contributed by atoms with Crippen LogP contribution in [0, 0.1) is 0 Å². The molecule has 1 saturated heterocycles. The van der Waals surface area contributed by atoms with Gasteiger partial charge in [-0.1, -0.05) is 32.5 Å². The van der Waals surface area contributed by atoms with Gasteiger partial charge in [0.05, 0.1) is 6.54 Å². The van der Waals surface area contributed by atoms with Crippen molar-refractivity contribution in [1.82, 2.24) is 5.32 Å². The molecule has 0 radical (unpaired) electrons. The molecule has 94 valence electrons. The van der Waals surface area contributed by atoms with Crippen LogP contribution in [0.2, 0.25) is 0 Å². The van der Waals surface area contributed by atoms with Crippen molar-refractivity contribution in [1.29, 1.82) is 0 Å². The predicted octanol–water partition coefficient (Wildman–Crippen LogP) is 2.01. The average Bonchev–Trinajstić information content (AvgIpc) is 2.73. The summed E-state index contributed by atoms with van der Waals surface area (Å²) >= 11 is 1.80. The van der Waals surface area contributed by atoms with Gasteiger partial charge in [0.1, 0.15) is 0 Å². The quantitative estimate of drug-likeness (QED) is 0.796. The molecule has 1 N–H and O–H groups in total. The molecule has 1 unspecified atom stereocenters. The Labute approximate surface area is 105 Å². The molecule has 1 rings (SSSR count). The van der Waals surface area contributed by atoms with Crippen molar-refractivity contribution < 1.29 is 4.21 Å². The summed E-state index contributed by atoms with van der Waals surface area (Å²) in [6.45, 7) is 7.06. The molecule has 0 bridgehead atoms. The Morgan fingerprint density at radius 1 is 1.44 bits per heavy atom. The van der Waals surface area contributed by atoms with E-state index in [1.54, 1.807) is 11.8 Å². The second-order valence-corrected chi connectivity index (χ2v) is 6.85. The SMILES string of the molecule is CCS(=O)CCN=C1NC(CC)(CC)CS1. The summed E-state index contributed by atoms with van der Waals surface area (Å²) in [5.41, 5.74) is 0.243. The second-order valence-electron chi connectivity index (χ2n) is 4.02. The Kier molecular flexibility index (Phi) is 5.83. The first-order valence-corrected chi connectivity index (χ1v) is 8.43. The number of amidine groups is 1. The third-order valence-electron chi connectivity index (χ3n) is 3.11.